The molecule has 0 aliphatic carbocycles. The van der Waals surface area contributed by atoms with E-state index in [1.165, 1.54) is 11.3 Å². The minimum atomic E-state index is -0.892. The Morgan fingerprint density at radius 2 is 2.37 bits per heavy atom. The zero-order valence-corrected chi connectivity index (χ0v) is 11.4. The van der Waals surface area contributed by atoms with Gasteiger partial charge in [-0.1, -0.05) is 6.07 Å². The number of aliphatic carboxylic acids is 1. The smallest absolute Gasteiger partial charge is 0.305 e. The van der Waals surface area contributed by atoms with Crippen LogP contribution in [0.2, 0.25) is 0 Å². The number of carboxylic acids is 1. The molecule has 0 radical (unpaired) electrons. The maximum absolute atomic E-state index is 12.3. The van der Waals surface area contributed by atoms with Crippen LogP contribution in [-0.2, 0) is 9.53 Å². The average molecular weight is 283 g/mol. The molecule has 1 saturated heterocycles. The van der Waals surface area contributed by atoms with Crippen LogP contribution in [-0.4, -0.2) is 47.7 Å². The first kappa shape index (κ1) is 14.0. The largest absolute Gasteiger partial charge is 0.481 e. The minimum Gasteiger partial charge on any atom is -0.481 e. The van der Waals surface area contributed by atoms with Crippen molar-refractivity contribution < 1.29 is 19.4 Å². The van der Waals surface area contributed by atoms with Gasteiger partial charge in [0.05, 0.1) is 17.4 Å². The van der Waals surface area contributed by atoms with Gasteiger partial charge in [0.1, 0.15) is 0 Å². The van der Waals surface area contributed by atoms with E-state index in [0.717, 1.165) is 19.4 Å². The van der Waals surface area contributed by atoms with Gasteiger partial charge >= 0.3 is 5.97 Å². The Bertz CT molecular complexity index is 426. The number of nitrogens with zero attached hydrogens (tertiary/aromatic N) is 1. The second-order valence-corrected chi connectivity index (χ2v) is 5.45. The van der Waals surface area contributed by atoms with E-state index in [2.05, 4.69) is 0 Å². The van der Waals surface area contributed by atoms with Crippen molar-refractivity contribution in [3.8, 4) is 0 Å². The maximum atomic E-state index is 12.3. The summed E-state index contributed by atoms with van der Waals surface area (Å²) in [6.45, 7) is 1.43. The van der Waals surface area contributed by atoms with E-state index >= 15 is 0 Å². The summed E-state index contributed by atoms with van der Waals surface area (Å²) in [6, 6.07) is 3.58. The van der Waals surface area contributed by atoms with Crippen LogP contribution in [0, 0.1) is 0 Å². The molecular weight excluding hydrogens is 266 g/mol. The quantitative estimate of drug-likeness (QED) is 0.865. The lowest BCUT2D eigenvalue weighted by molar-refractivity contribution is -0.137. The molecule has 0 aromatic carbocycles. The molecule has 1 amide bonds. The second kappa shape index (κ2) is 6.68. The number of carboxylic acid groups (broad SMARTS) is 1. The number of amides is 1. The molecule has 1 fully saturated rings. The molecule has 1 aromatic heterocycles. The van der Waals surface area contributed by atoms with Gasteiger partial charge in [0.25, 0.3) is 5.91 Å². The number of rotatable bonds is 6. The van der Waals surface area contributed by atoms with Crippen LogP contribution in [0.5, 0.6) is 0 Å². The van der Waals surface area contributed by atoms with Crippen LogP contribution in [0.25, 0.3) is 0 Å². The van der Waals surface area contributed by atoms with E-state index < -0.39 is 5.97 Å². The number of carbonyl (C=O) groups excluding carboxylic acids is 1. The molecule has 0 spiro atoms. The van der Waals surface area contributed by atoms with Crippen molar-refractivity contribution in [3.63, 3.8) is 0 Å². The monoisotopic (exact) mass is 283 g/mol. The Balaban J connectivity index is 1.99. The van der Waals surface area contributed by atoms with Gasteiger partial charge in [0.2, 0.25) is 0 Å². The summed E-state index contributed by atoms with van der Waals surface area (Å²) >= 11 is 1.37. The Hall–Kier alpha value is -1.40. The van der Waals surface area contributed by atoms with Gasteiger partial charge in [0.15, 0.2) is 0 Å². The molecule has 0 bridgehead atoms. The fraction of sp³-hybridized carbons (Fsp3) is 0.538. The lowest BCUT2D eigenvalue weighted by Gasteiger charge is -2.24. The Labute approximate surface area is 115 Å². The van der Waals surface area contributed by atoms with Gasteiger partial charge in [-0.15, -0.1) is 11.3 Å². The zero-order valence-electron chi connectivity index (χ0n) is 10.6. The molecule has 2 heterocycles. The molecule has 1 aliphatic heterocycles. The third-order valence-electron chi connectivity index (χ3n) is 3.06. The van der Waals surface area contributed by atoms with Crippen LogP contribution in [0.3, 0.4) is 0 Å². The highest BCUT2D eigenvalue weighted by atomic mass is 32.1. The summed E-state index contributed by atoms with van der Waals surface area (Å²) in [5.41, 5.74) is 0. The van der Waals surface area contributed by atoms with Gasteiger partial charge in [0, 0.05) is 19.7 Å². The van der Waals surface area contributed by atoms with Crippen molar-refractivity contribution in [1.29, 1.82) is 0 Å². The second-order valence-electron chi connectivity index (χ2n) is 4.51. The lowest BCUT2D eigenvalue weighted by Crippen LogP contribution is -2.38. The molecule has 19 heavy (non-hydrogen) atoms. The van der Waals surface area contributed by atoms with Crippen molar-refractivity contribution >= 4 is 23.2 Å². The first-order chi connectivity index (χ1) is 9.16. The molecule has 1 aliphatic rings. The van der Waals surface area contributed by atoms with Crippen LogP contribution in [0.1, 0.15) is 28.9 Å². The maximum Gasteiger partial charge on any atom is 0.305 e. The SMILES string of the molecule is O=C(O)CCN(CC1CCCO1)C(=O)c1cccs1. The average Bonchev–Trinajstić information content (AvgIpc) is 3.06. The molecule has 2 rings (SSSR count). The van der Waals surface area contributed by atoms with Gasteiger partial charge in [-0.05, 0) is 24.3 Å². The van der Waals surface area contributed by atoms with E-state index in [1.807, 2.05) is 11.4 Å². The van der Waals surface area contributed by atoms with Gasteiger partial charge in [-0.3, -0.25) is 9.59 Å². The first-order valence-electron chi connectivity index (χ1n) is 6.33. The summed E-state index contributed by atoms with van der Waals surface area (Å²) < 4.78 is 5.52. The standard InChI is InChI=1S/C13H17NO4S/c15-12(16)5-6-14(9-10-3-1-7-18-10)13(17)11-4-2-8-19-11/h2,4,8,10H,1,3,5-7,9H2,(H,15,16). The Kier molecular flexibility index (Phi) is 4.93. The molecule has 0 saturated carbocycles. The van der Waals surface area contributed by atoms with E-state index in [4.69, 9.17) is 9.84 Å². The molecule has 1 N–H and O–H groups in total. The highest BCUT2D eigenvalue weighted by molar-refractivity contribution is 7.12. The topological polar surface area (TPSA) is 66.8 Å². The minimum absolute atomic E-state index is 0.0379. The van der Waals surface area contributed by atoms with Crippen molar-refractivity contribution in [3.05, 3.63) is 22.4 Å². The third-order valence-corrected chi connectivity index (χ3v) is 3.92. The lowest BCUT2D eigenvalue weighted by atomic mass is 10.2. The van der Waals surface area contributed by atoms with Crippen LogP contribution >= 0.6 is 11.3 Å². The predicted octanol–water partition coefficient (Wildman–Crippen LogP) is 1.84. The normalized spacial score (nSPS) is 18.4. The van der Waals surface area contributed by atoms with Crippen molar-refractivity contribution in [1.82, 2.24) is 4.90 Å². The molecular formula is C13H17NO4S. The predicted molar refractivity (Wildman–Crippen MR) is 71.4 cm³/mol. The molecule has 6 heteroatoms. The van der Waals surface area contributed by atoms with Crippen molar-refractivity contribution in [2.45, 2.75) is 25.4 Å². The Morgan fingerprint density at radius 1 is 1.53 bits per heavy atom. The van der Waals surface area contributed by atoms with Gasteiger partial charge < -0.3 is 14.7 Å². The van der Waals surface area contributed by atoms with Gasteiger partial charge in [-0.25, -0.2) is 0 Å². The fourth-order valence-electron chi connectivity index (χ4n) is 2.10. The van der Waals surface area contributed by atoms with Crippen LogP contribution < -0.4 is 0 Å². The number of carbonyl (C=O) groups is 2. The molecule has 5 nitrogen and oxygen atoms in total. The molecule has 1 aromatic rings. The summed E-state index contributed by atoms with van der Waals surface area (Å²) in [7, 11) is 0. The molecule has 1 atom stereocenters. The van der Waals surface area contributed by atoms with E-state index in [1.54, 1.807) is 11.0 Å². The van der Waals surface area contributed by atoms with Crippen LogP contribution in [0.15, 0.2) is 17.5 Å². The summed E-state index contributed by atoms with van der Waals surface area (Å²) in [5.74, 6) is -0.997. The van der Waals surface area contributed by atoms with Crippen molar-refractivity contribution in [2.24, 2.45) is 0 Å². The van der Waals surface area contributed by atoms with E-state index in [0.29, 0.717) is 11.4 Å². The third kappa shape index (κ3) is 4.04. The summed E-state index contributed by atoms with van der Waals surface area (Å²) in [4.78, 5) is 25.2. The van der Waals surface area contributed by atoms with Crippen LogP contribution in [0.4, 0.5) is 0 Å². The summed E-state index contributed by atoms with van der Waals surface area (Å²) in [6.07, 6.45) is 1.94. The highest BCUT2D eigenvalue weighted by Crippen LogP contribution is 2.17. The highest BCUT2D eigenvalue weighted by Gasteiger charge is 2.24. The van der Waals surface area contributed by atoms with Crippen molar-refractivity contribution in [2.75, 3.05) is 19.7 Å². The Morgan fingerprint density at radius 3 is 2.95 bits per heavy atom. The van der Waals surface area contributed by atoms with E-state index in [9.17, 15) is 9.59 Å². The molecule has 1 unspecified atom stereocenters. The zero-order chi connectivity index (χ0) is 13.7. The number of hydrogen-bond acceptors (Lipinski definition) is 4. The molecule has 104 valence electrons. The summed E-state index contributed by atoms with van der Waals surface area (Å²) in [5, 5.41) is 10.6. The number of thiophene rings is 1. The number of hydrogen-bond donors (Lipinski definition) is 1. The first-order valence-corrected chi connectivity index (χ1v) is 7.21. The van der Waals surface area contributed by atoms with Gasteiger partial charge in [-0.2, -0.15) is 0 Å². The fourth-order valence-corrected chi connectivity index (χ4v) is 2.79. The number of ether oxygens (including phenoxy) is 1. The van der Waals surface area contributed by atoms with E-state index in [-0.39, 0.29) is 25.0 Å².